The molecule has 182 valence electrons. The number of nitrogens with zero attached hydrogens (tertiary/aromatic N) is 1. The SMILES string of the molecule is CCCCCCCCCCCCc1cccc[n+]1CCCCCCCCCCCC.[Cl-]. The summed E-state index contributed by atoms with van der Waals surface area (Å²) in [7, 11) is 0. The molecule has 1 heterocycles. The third kappa shape index (κ3) is 18.7. The van der Waals surface area contributed by atoms with Crippen molar-refractivity contribution in [2.75, 3.05) is 0 Å². The van der Waals surface area contributed by atoms with Crippen molar-refractivity contribution in [1.82, 2.24) is 0 Å². The molecule has 31 heavy (non-hydrogen) atoms. The van der Waals surface area contributed by atoms with Crippen LogP contribution in [0.3, 0.4) is 0 Å². The Bertz CT molecular complexity index is 431. The van der Waals surface area contributed by atoms with E-state index in [4.69, 9.17) is 0 Å². The molecule has 0 fully saturated rings. The molecule has 0 atom stereocenters. The van der Waals surface area contributed by atoms with E-state index in [-0.39, 0.29) is 12.4 Å². The first kappa shape index (κ1) is 30.4. The summed E-state index contributed by atoms with van der Waals surface area (Å²) in [4.78, 5) is 0. The molecule has 2 heteroatoms. The maximum Gasteiger partial charge on any atom is 0.181 e. The normalized spacial score (nSPS) is 10.9. The van der Waals surface area contributed by atoms with Gasteiger partial charge >= 0.3 is 0 Å². The molecule has 0 spiro atoms. The lowest BCUT2D eigenvalue weighted by Crippen LogP contribution is -3.00. The summed E-state index contributed by atoms with van der Waals surface area (Å²) in [5, 5.41) is 0. The molecule has 1 nitrogen and oxygen atoms in total. The highest BCUT2D eigenvalue weighted by molar-refractivity contribution is 4.97. The van der Waals surface area contributed by atoms with Gasteiger partial charge in [-0.1, -0.05) is 129 Å². The molecular formula is C29H54ClN. The van der Waals surface area contributed by atoms with Crippen LogP contribution in [0.25, 0.3) is 0 Å². The highest BCUT2D eigenvalue weighted by Gasteiger charge is 2.08. The molecular weight excluding hydrogens is 398 g/mol. The summed E-state index contributed by atoms with van der Waals surface area (Å²) in [6.45, 7) is 5.81. The molecule has 0 aliphatic rings. The first-order valence-corrected chi connectivity index (χ1v) is 13.9. The molecule has 1 aromatic heterocycles. The minimum atomic E-state index is 0. The number of aryl methyl sites for hydroxylation is 2. The molecule has 0 unspecified atom stereocenters. The van der Waals surface area contributed by atoms with E-state index in [9.17, 15) is 0 Å². The highest BCUT2D eigenvalue weighted by Crippen LogP contribution is 2.12. The summed E-state index contributed by atoms with van der Waals surface area (Å²) in [6, 6.07) is 6.78. The molecule has 0 amide bonds. The van der Waals surface area contributed by atoms with Crippen LogP contribution in [0.1, 0.15) is 148 Å². The van der Waals surface area contributed by atoms with E-state index < -0.39 is 0 Å². The van der Waals surface area contributed by atoms with Gasteiger partial charge in [0, 0.05) is 25.0 Å². The van der Waals surface area contributed by atoms with Gasteiger partial charge in [-0.15, -0.1) is 0 Å². The van der Waals surface area contributed by atoms with Crippen LogP contribution in [-0.2, 0) is 13.0 Å². The fourth-order valence-corrected chi connectivity index (χ4v) is 4.52. The summed E-state index contributed by atoms with van der Waals surface area (Å²) >= 11 is 0. The Labute approximate surface area is 202 Å². The van der Waals surface area contributed by atoms with Crippen LogP contribution in [0.5, 0.6) is 0 Å². The Hall–Kier alpha value is -0.560. The highest BCUT2D eigenvalue weighted by atomic mass is 35.5. The van der Waals surface area contributed by atoms with Gasteiger partial charge in [0.1, 0.15) is 6.54 Å². The average Bonchev–Trinajstić information content (AvgIpc) is 2.77. The lowest BCUT2D eigenvalue weighted by atomic mass is 10.0. The Morgan fingerprint density at radius 3 is 1.42 bits per heavy atom. The third-order valence-corrected chi connectivity index (χ3v) is 6.57. The van der Waals surface area contributed by atoms with Crippen molar-refractivity contribution < 1.29 is 17.0 Å². The van der Waals surface area contributed by atoms with Gasteiger partial charge in [-0.05, 0) is 12.8 Å². The van der Waals surface area contributed by atoms with Crippen molar-refractivity contribution in [3.05, 3.63) is 30.1 Å². The quantitative estimate of drug-likeness (QED) is 0.142. The second-order valence-corrected chi connectivity index (χ2v) is 9.50. The van der Waals surface area contributed by atoms with Crippen LogP contribution < -0.4 is 17.0 Å². The van der Waals surface area contributed by atoms with Crippen molar-refractivity contribution in [2.45, 2.75) is 155 Å². The van der Waals surface area contributed by atoms with Crippen molar-refractivity contribution in [3.8, 4) is 0 Å². The van der Waals surface area contributed by atoms with Crippen LogP contribution in [0, 0.1) is 0 Å². The number of hydrogen-bond acceptors (Lipinski definition) is 0. The van der Waals surface area contributed by atoms with Gasteiger partial charge in [-0.2, -0.15) is 0 Å². The Balaban J connectivity index is 0.00000900. The molecule has 0 radical (unpaired) electrons. The number of hydrogen-bond donors (Lipinski definition) is 0. The topological polar surface area (TPSA) is 3.88 Å². The fourth-order valence-electron chi connectivity index (χ4n) is 4.52. The molecule has 0 aliphatic carbocycles. The predicted molar refractivity (Wildman–Crippen MR) is 134 cm³/mol. The predicted octanol–water partition coefficient (Wildman–Crippen LogP) is 6.36. The van der Waals surface area contributed by atoms with E-state index in [0.717, 1.165) is 0 Å². The number of rotatable bonds is 22. The maximum atomic E-state index is 2.53. The van der Waals surface area contributed by atoms with Crippen molar-refractivity contribution >= 4 is 0 Å². The van der Waals surface area contributed by atoms with Crippen molar-refractivity contribution in [1.29, 1.82) is 0 Å². The van der Waals surface area contributed by atoms with Gasteiger partial charge in [0.25, 0.3) is 0 Å². The number of aromatic nitrogens is 1. The summed E-state index contributed by atoms with van der Waals surface area (Å²) in [5.41, 5.74) is 1.55. The Morgan fingerprint density at radius 2 is 0.935 bits per heavy atom. The molecule has 0 saturated heterocycles. The first-order chi connectivity index (χ1) is 14.9. The van der Waals surface area contributed by atoms with Crippen LogP contribution in [-0.4, -0.2) is 0 Å². The minimum Gasteiger partial charge on any atom is -1.00 e. The molecule has 1 aromatic rings. The summed E-state index contributed by atoms with van der Waals surface area (Å²) < 4.78 is 2.53. The van der Waals surface area contributed by atoms with Gasteiger partial charge in [0.2, 0.25) is 0 Å². The van der Waals surface area contributed by atoms with Crippen molar-refractivity contribution in [3.63, 3.8) is 0 Å². The van der Waals surface area contributed by atoms with E-state index in [1.54, 1.807) is 5.69 Å². The van der Waals surface area contributed by atoms with Gasteiger partial charge in [-0.3, -0.25) is 0 Å². The Morgan fingerprint density at radius 1 is 0.516 bits per heavy atom. The summed E-state index contributed by atoms with van der Waals surface area (Å²) in [6.07, 6.45) is 32.0. The fraction of sp³-hybridized carbons (Fsp3) is 0.828. The van der Waals surface area contributed by atoms with Gasteiger partial charge in [0.05, 0.1) is 0 Å². The lowest BCUT2D eigenvalue weighted by molar-refractivity contribution is -0.704. The van der Waals surface area contributed by atoms with E-state index in [2.05, 4.69) is 42.8 Å². The molecule has 0 bridgehead atoms. The number of halogens is 1. The molecule has 0 N–H and O–H groups in total. The van der Waals surface area contributed by atoms with E-state index in [1.807, 2.05) is 0 Å². The zero-order chi connectivity index (χ0) is 21.5. The third-order valence-electron chi connectivity index (χ3n) is 6.57. The van der Waals surface area contributed by atoms with E-state index in [0.29, 0.717) is 0 Å². The number of pyridine rings is 1. The zero-order valence-corrected chi connectivity index (χ0v) is 21.9. The second kappa shape index (κ2) is 24.1. The Kier molecular flexibility index (Phi) is 23.7. The smallest absolute Gasteiger partial charge is 0.181 e. The van der Waals surface area contributed by atoms with Gasteiger partial charge < -0.3 is 12.4 Å². The van der Waals surface area contributed by atoms with Crippen molar-refractivity contribution in [2.24, 2.45) is 0 Å². The molecule has 0 aromatic carbocycles. The van der Waals surface area contributed by atoms with E-state index >= 15 is 0 Å². The van der Waals surface area contributed by atoms with Crippen LogP contribution in [0.15, 0.2) is 24.4 Å². The standard InChI is InChI=1S/C29H54N.ClH/c1-3-5-7-9-11-13-15-17-19-21-25-29-26-22-24-28-30(29)27-23-20-18-16-14-12-10-8-6-4-2;/h22,24,26,28H,3-21,23,25,27H2,1-2H3;1H/q+1;/p-1. The first-order valence-electron chi connectivity index (χ1n) is 13.9. The second-order valence-electron chi connectivity index (χ2n) is 9.50. The minimum absolute atomic E-state index is 0. The zero-order valence-electron chi connectivity index (χ0n) is 21.2. The van der Waals surface area contributed by atoms with Crippen LogP contribution in [0.2, 0.25) is 0 Å². The van der Waals surface area contributed by atoms with Crippen LogP contribution in [0.4, 0.5) is 0 Å². The average molecular weight is 452 g/mol. The van der Waals surface area contributed by atoms with Gasteiger partial charge in [-0.25, -0.2) is 4.57 Å². The summed E-state index contributed by atoms with van der Waals surface area (Å²) in [5.74, 6) is 0. The number of unbranched alkanes of at least 4 members (excludes halogenated alkanes) is 18. The van der Waals surface area contributed by atoms with Gasteiger partial charge in [0.15, 0.2) is 11.9 Å². The molecule has 1 rings (SSSR count). The largest absolute Gasteiger partial charge is 1.00 e. The maximum absolute atomic E-state index is 2.53. The molecule has 0 saturated carbocycles. The monoisotopic (exact) mass is 451 g/mol. The molecule has 0 aliphatic heterocycles. The van der Waals surface area contributed by atoms with Crippen LogP contribution >= 0.6 is 0 Å². The lowest BCUT2D eigenvalue weighted by Gasteiger charge is -2.05. The van der Waals surface area contributed by atoms with E-state index in [1.165, 1.54) is 141 Å².